The molecule has 28 heavy (non-hydrogen) atoms. The van der Waals surface area contributed by atoms with Crippen LogP contribution in [0.2, 0.25) is 0 Å². The zero-order valence-electron chi connectivity index (χ0n) is 15.2. The van der Waals surface area contributed by atoms with Gasteiger partial charge in [0.1, 0.15) is 11.9 Å². The normalized spacial score (nSPS) is 16.1. The van der Waals surface area contributed by atoms with Crippen LogP contribution < -0.4 is 0 Å². The van der Waals surface area contributed by atoms with Crippen LogP contribution in [0.5, 0.6) is 0 Å². The van der Waals surface area contributed by atoms with E-state index in [1.807, 2.05) is 41.9 Å². The standard InChI is InChI=1S/C21H17FN4O2/c1-13-4-2-3-5-17(13)20-23-21(28-25-20)18-10-16-12-27-19(11-26(16)24-18)14-6-8-15(22)9-7-14/h2-10,19H,11-12H2,1H3. The summed E-state index contributed by atoms with van der Waals surface area (Å²) in [4.78, 5) is 4.51. The van der Waals surface area contributed by atoms with E-state index in [0.717, 1.165) is 22.4 Å². The zero-order chi connectivity index (χ0) is 19.1. The smallest absolute Gasteiger partial charge is 0.278 e. The van der Waals surface area contributed by atoms with E-state index in [1.165, 1.54) is 12.1 Å². The fourth-order valence-corrected chi connectivity index (χ4v) is 3.37. The Morgan fingerprint density at radius 3 is 2.75 bits per heavy atom. The molecule has 0 aliphatic carbocycles. The third-order valence-corrected chi connectivity index (χ3v) is 4.91. The molecule has 0 amide bonds. The maximum atomic E-state index is 13.2. The minimum Gasteiger partial charge on any atom is -0.365 e. The van der Waals surface area contributed by atoms with Gasteiger partial charge >= 0.3 is 0 Å². The van der Waals surface area contributed by atoms with Crippen molar-refractivity contribution >= 4 is 0 Å². The van der Waals surface area contributed by atoms with Crippen LogP contribution in [0.1, 0.15) is 22.9 Å². The summed E-state index contributed by atoms with van der Waals surface area (Å²) in [5, 5.41) is 8.71. The molecule has 2 aromatic carbocycles. The molecule has 140 valence electrons. The lowest BCUT2D eigenvalue weighted by Crippen LogP contribution is -2.21. The number of rotatable bonds is 3. The largest absolute Gasteiger partial charge is 0.365 e. The van der Waals surface area contributed by atoms with Crippen molar-refractivity contribution in [3.63, 3.8) is 0 Å². The Morgan fingerprint density at radius 2 is 1.93 bits per heavy atom. The first-order chi connectivity index (χ1) is 13.7. The Balaban J connectivity index is 1.41. The van der Waals surface area contributed by atoms with Gasteiger partial charge < -0.3 is 9.26 Å². The molecule has 3 heterocycles. The number of aromatic nitrogens is 4. The van der Waals surface area contributed by atoms with Gasteiger partial charge in [0.15, 0.2) is 5.69 Å². The number of hydrogen-bond donors (Lipinski definition) is 0. The van der Waals surface area contributed by atoms with Crippen LogP contribution in [0, 0.1) is 12.7 Å². The second kappa shape index (κ2) is 6.69. The Morgan fingerprint density at radius 1 is 1.11 bits per heavy atom. The summed E-state index contributed by atoms with van der Waals surface area (Å²) in [5.74, 6) is 0.653. The summed E-state index contributed by atoms with van der Waals surface area (Å²) in [6.07, 6.45) is -0.175. The van der Waals surface area contributed by atoms with E-state index >= 15 is 0 Å². The van der Waals surface area contributed by atoms with E-state index in [2.05, 4.69) is 15.2 Å². The van der Waals surface area contributed by atoms with Crippen molar-refractivity contribution in [3.05, 3.63) is 77.2 Å². The first kappa shape index (κ1) is 16.8. The molecule has 0 radical (unpaired) electrons. The van der Waals surface area contributed by atoms with Gasteiger partial charge in [-0.1, -0.05) is 41.6 Å². The van der Waals surface area contributed by atoms with E-state index in [1.54, 1.807) is 12.1 Å². The maximum absolute atomic E-state index is 13.2. The lowest BCUT2D eigenvalue weighted by atomic mass is 10.1. The Labute approximate surface area is 160 Å². The molecule has 2 aromatic heterocycles. The Hall–Kier alpha value is -3.32. The van der Waals surface area contributed by atoms with Gasteiger partial charge in [-0.15, -0.1) is 0 Å². The fraction of sp³-hybridized carbons (Fsp3) is 0.190. The molecular formula is C21H17FN4O2. The van der Waals surface area contributed by atoms with Crippen molar-refractivity contribution in [1.82, 2.24) is 19.9 Å². The van der Waals surface area contributed by atoms with E-state index < -0.39 is 0 Å². The van der Waals surface area contributed by atoms with Crippen molar-refractivity contribution in [2.24, 2.45) is 0 Å². The van der Waals surface area contributed by atoms with E-state index in [9.17, 15) is 4.39 Å². The predicted molar refractivity (Wildman–Crippen MR) is 99.6 cm³/mol. The molecule has 4 aromatic rings. The molecule has 1 aliphatic heterocycles. The summed E-state index contributed by atoms with van der Waals surface area (Å²) >= 11 is 0. The monoisotopic (exact) mass is 376 g/mol. The predicted octanol–water partition coefficient (Wildman–Crippen LogP) is 4.32. The van der Waals surface area contributed by atoms with Crippen LogP contribution >= 0.6 is 0 Å². The average Bonchev–Trinajstić information content (AvgIpc) is 3.35. The van der Waals surface area contributed by atoms with Gasteiger partial charge in [-0.25, -0.2) is 4.39 Å². The highest BCUT2D eigenvalue weighted by atomic mass is 19.1. The first-order valence-corrected chi connectivity index (χ1v) is 9.01. The van der Waals surface area contributed by atoms with Crippen LogP contribution in [-0.2, 0) is 17.9 Å². The molecular weight excluding hydrogens is 359 g/mol. The third-order valence-electron chi connectivity index (χ3n) is 4.91. The van der Waals surface area contributed by atoms with E-state index in [-0.39, 0.29) is 11.9 Å². The highest BCUT2D eigenvalue weighted by molar-refractivity contribution is 5.61. The zero-order valence-corrected chi connectivity index (χ0v) is 15.2. The molecule has 0 saturated carbocycles. The van der Waals surface area contributed by atoms with Gasteiger partial charge in [0.2, 0.25) is 5.82 Å². The van der Waals surface area contributed by atoms with Gasteiger partial charge in [0, 0.05) is 5.56 Å². The number of halogens is 1. The second-order valence-electron chi connectivity index (χ2n) is 6.79. The highest BCUT2D eigenvalue weighted by Gasteiger charge is 2.24. The van der Waals surface area contributed by atoms with Crippen molar-refractivity contribution < 1.29 is 13.7 Å². The SMILES string of the molecule is Cc1ccccc1-c1noc(-c2cc3n(n2)CC(c2ccc(F)cc2)OC3)n1. The molecule has 1 aliphatic rings. The maximum Gasteiger partial charge on any atom is 0.278 e. The summed E-state index contributed by atoms with van der Waals surface area (Å²) in [6, 6.07) is 16.1. The van der Waals surface area contributed by atoms with Crippen LogP contribution in [-0.4, -0.2) is 19.9 Å². The van der Waals surface area contributed by atoms with E-state index in [0.29, 0.717) is 30.6 Å². The number of ether oxygens (including phenoxy) is 1. The number of benzene rings is 2. The van der Waals surface area contributed by atoms with Crippen molar-refractivity contribution in [2.75, 3.05) is 0 Å². The lowest BCUT2D eigenvalue weighted by molar-refractivity contribution is -0.00116. The van der Waals surface area contributed by atoms with Gasteiger partial charge in [0.05, 0.1) is 18.8 Å². The van der Waals surface area contributed by atoms with Crippen LogP contribution in [0.25, 0.3) is 23.0 Å². The molecule has 0 N–H and O–H groups in total. The van der Waals surface area contributed by atoms with Crippen molar-refractivity contribution in [3.8, 4) is 23.0 Å². The molecule has 5 rings (SSSR count). The van der Waals surface area contributed by atoms with Crippen molar-refractivity contribution in [1.29, 1.82) is 0 Å². The highest BCUT2D eigenvalue weighted by Crippen LogP contribution is 2.29. The topological polar surface area (TPSA) is 66.0 Å². The summed E-state index contributed by atoms with van der Waals surface area (Å²) < 4.78 is 26.4. The van der Waals surface area contributed by atoms with Crippen LogP contribution in [0.4, 0.5) is 4.39 Å². The molecule has 1 atom stereocenters. The Bertz CT molecular complexity index is 1130. The molecule has 0 fully saturated rings. The van der Waals surface area contributed by atoms with E-state index in [4.69, 9.17) is 9.26 Å². The van der Waals surface area contributed by atoms with Gasteiger partial charge in [-0.05, 0) is 36.2 Å². The van der Waals surface area contributed by atoms with Gasteiger partial charge in [0.25, 0.3) is 5.89 Å². The van der Waals surface area contributed by atoms with Crippen molar-refractivity contribution in [2.45, 2.75) is 26.2 Å². The number of nitrogens with zero attached hydrogens (tertiary/aromatic N) is 4. The quantitative estimate of drug-likeness (QED) is 0.533. The molecule has 0 bridgehead atoms. The van der Waals surface area contributed by atoms with Crippen LogP contribution in [0.3, 0.4) is 0 Å². The third kappa shape index (κ3) is 2.99. The molecule has 1 unspecified atom stereocenters. The number of hydrogen-bond acceptors (Lipinski definition) is 5. The second-order valence-corrected chi connectivity index (χ2v) is 6.79. The minimum absolute atomic E-state index is 0.175. The summed E-state index contributed by atoms with van der Waals surface area (Å²) in [7, 11) is 0. The fourth-order valence-electron chi connectivity index (χ4n) is 3.37. The molecule has 7 heteroatoms. The lowest BCUT2D eigenvalue weighted by Gasteiger charge is -2.24. The first-order valence-electron chi connectivity index (χ1n) is 9.01. The number of fused-ring (bicyclic) bond motifs is 1. The summed E-state index contributed by atoms with van der Waals surface area (Å²) in [6.45, 7) is 2.96. The minimum atomic E-state index is -0.262. The van der Waals surface area contributed by atoms with Crippen LogP contribution in [0.15, 0.2) is 59.1 Å². The van der Waals surface area contributed by atoms with Gasteiger partial charge in [-0.3, -0.25) is 4.68 Å². The average molecular weight is 376 g/mol. The summed E-state index contributed by atoms with van der Waals surface area (Å²) in [5.41, 5.74) is 4.48. The molecule has 6 nitrogen and oxygen atoms in total. The number of aryl methyl sites for hydroxylation is 1. The van der Waals surface area contributed by atoms with Gasteiger partial charge in [-0.2, -0.15) is 10.1 Å². The molecule has 0 saturated heterocycles. The molecule has 0 spiro atoms. The Kier molecular flexibility index (Phi) is 4.02.